The van der Waals surface area contributed by atoms with Gasteiger partial charge in [-0.05, 0) is 24.6 Å². The number of carbonyl (C=O) groups excluding carboxylic acids is 1. The van der Waals surface area contributed by atoms with Crippen molar-refractivity contribution < 1.29 is 19.8 Å². The minimum absolute atomic E-state index is 0.291. The van der Waals surface area contributed by atoms with Gasteiger partial charge in [-0.2, -0.15) is 0 Å². The molecular weight excluding hydrogens is 238 g/mol. The van der Waals surface area contributed by atoms with E-state index in [0.717, 1.165) is 5.56 Å². The Morgan fingerprint density at radius 3 is 2.44 bits per heavy atom. The first kappa shape index (κ1) is 13.9. The third-order valence-electron chi connectivity index (χ3n) is 2.34. The van der Waals surface area contributed by atoms with Gasteiger partial charge in [-0.1, -0.05) is 0 Å². The Balaban J connectivity index is 2.52. The molecule has 2 atom stereocenters. The van der Waals surface area contributed by atoms with E-state index in [9.17, 15) is 9.59 Å². The quantitative estimate of drug-likeness (QED) is 0.585. The second-order valence-corrected chi connectivity index (χ2v) is 3.69. The van der Waals surface area contributed by atoms with Crippen LogP contribution in [0.1, 0.15) is 18.5 Å². The lowest BCUT2D eigenvalue weighted by atomic mass is 10.1. The van der Waals surface area contributed by atoms with Gasteiger partial charge in [0.15, 0.2) is 6.04 Å². The van der Waals surface area contributed by atoms with E-state index in [2.05, 4.69) is 15.6 Å². The van der Waals surface area contributed by atoms with Crippen LogP contribution in [-0.4, -0.2) is 39.8 Å². The molecule has 0 bridgehead atoms. The van der Waals surface area contributed by atoms with Gasteiger partial charge in [0, 0.05) is 12.4 Å². The summed E-state index contributed by atoms with van der Waals surface area (Å²) >= 11 is 0. The van der Waals surface area contributed by atoms with Gasteiger partial charge in [0.05, 0.1) is 12.6 Å². The summed E-state index contributed by atoms with van der Waals surface area (Å²) in [6.45, 7) is 1.09. The number of hydrogen-bond acceptors (Lipinski definition) is 4. The molecule has 1 heterocycles. The maximum atomic E-state index is 11.5. The molecule has 2 amide bonds. The lowest BCUT2D eigenvalue weighted by molar-refractivity contribution is -0.140. The highest BCUT2D eigenvalue weighted by atomic mass is 16.4. The molecule has 0 aliphatic heterocycles. The van der Waals surface area contributed by atoms with Crippen LogP contribution < -0.4 is 10.6 Å². The van der Waals surface area contributed by atoms with Crippen LogP contribution in [0.3, 0.4) is 0 Å². The molecule has 7 heteroatoms. The smallest absolute Gasteiger partial charge is 0.328 e. The van der Waals surface area contributed by atoms with E-state index in [1.54, 1.807) is 31.5 Å². The van der Waals surface area contributed by atoms with Gasteiger partial charge in [-0.15, -0.1) is 0 Å². The normalized spacial score (nSPS) is 13.4. The van der Waals surface area contributed by atoms with Crippen LogP contribution in [0.15, 0.2) is 24.5 Å². The van der Waals surface area contributed by atoms with E-state index in [1.807, 2.05) is 0 Å². The predicted molar refractivity (Wildman–Crippen MR) is 62.8 cm³/mol. The molecule has 1 unspecified atom stereocenters. The first-order chi connectivity index (χ1) is 8.54. The maximum Gasteiger partial charge on any atom is 0.328 e. The average molecular weight is 253 g/mol. The lowest BCUT2D eigenvalue weighted by Gasteiger charge is -2.17. The fraction of sp³-hybridized carbons (Fsp3) is 0.364. The fourth-order valence-electron chi connectivity index (χ4n) is 1.32. The van der Waals surface area contributed by atoms with Crippen LogP contribution >= 0.6 is 0 Å². The molecule has 18 heavy (non-hydrogen) atoms. The lowest BCUT2D eigenvalue weighted by Crippen LogP contribution is -2.48. The molecule has 0 aliphatic rings. The number of hydrogen-bond donors (Lipinski definition) is 4. The van der Waals surface area contributed by atoms with E-state index in [1.165, 1.54) is 0 Å². The summed E-state index contributed by atoms with van der Waals surface area (Å²) in [4.78, 5) is 26.0. The standard InChI is InChI=1S/C11H15N3O4/c1-7(8-2-4-12-5-3-8)13-11(18)14-9(6-15)10(16)17/h2-5,7,9,15H,6H2,1H3,(H,16,17)(H2,13,14,18)/t7?,9-/m1/s1. The first-order valence-corrected chi connectivity index (χ1v) is 5.35. The van der Waals surface area contributed by atoms with Gasteiger partial charge in [-0.3, -0.25) is 4.98 Å². The van der Waals surface area contributed by atoms with Crippen molar-refractivity contribution in [3.05, 3.63) is 30.1 Å². The number of carboxylic acid groups (broad SMARTS) is 1. The van der Waals surface area contributed by atoms with E-state index in [0.29, 0.717) is 0 Å². The van der Waals surface area contributed by atoms with E-state index < -0.39 is 24.6 Å². The van der Waals surface area contributed by atoms with Gasteiger partial charge in [0.1, 0.15) is 0 Å². The second-order valence-electron chi connectivity index (χ2n) is 3.69. The van der Waals surface area contributed by atoms with Crippen molar-refractivity contribution in [2.45, 2.75) is 19.0 Å². The fourth-order valence-corrected chi connectivity index (χ4v) is 1.32. The molecule has 0 fully saturated rings. The van der Waals surface area contributed by atoms with Crippen molar-refractivity contribution in [1.82, 2.24) is 15.6 Å². The number of rotatable bonds is 5. The number of carbonyl (C=O) groups is 2. The topological polar surface area (TPSA) is 112 Å². The largest absolute Gasteiger partial charge is 0.480 e. The van der Waals surface area contributed by atoms with Crippen molar-refractivity contribution in [3.63, 3.8) is 0 Å². The minimum atomic E-state index is -1.31. The van der Waals surface area contributed by atoms with Gasteiger partial charge < -0.3 is 20.8 Å². The summed E-state index contributed by atoms with van der Waals surface area (Å²) in [6.07, 6.45) is 3.19. The molecule has 7 nitrogen and oxygen atoms in total. The van der Waals surface area contributed by atoms with Gasteiger partial charge in [-0.25, -0.2) is 9.59 Å². The average Bonchev–Trinajstić information content (AvgIpc) is 2.36. The number of carboxylic acids is 1. The van der Waals surface area contributed by atoms with Crippen molar-refractivity contribution in [2.24, 2.45) is 0 Å². The van der Waals surface area contributed by atoms with E-state index in [-0.39, 0.29) is 6.04 Å². The summed E-state index contributed by atoms with van der Waals surface area (Å²) in [5.74, 6) is -1.29. The molecule has 0 radical (unpaired) electrons. The number of urea groups is 1. The zero-order valence-corrected chi connectivity index (χ0v) is 9.83. The highest BCUT2D eigenvalue weighted by Gasteiger charge is 2.19. The molecule has 4 N–H and O–H groups in total. The van der Waals surface area contributed by atoms with Crippen LogP contribution in [0, 0.1) is 0 Å². The van der Waals surface area contributed by atoms with Crippen LogP contribution in [0.2, 0.25) is 0 Å². The van der Waals surface area contributed by atoms with Gasteiger partial charge in [0.25, 0.3) is 0 Å². The highest BCUT2D eigenvalue weighted by Crippen LogP contribution is 2.09. The number of aliphatic hydroxyl groups is 1. The van der Waals surface area contributed by atoms with Crippen molar-refractivity contribution >= 4 is 12.0 Å². The Bertz CT molecular complexity index is 410. The molecule has 98 valence electrons. The monoisotopic (exact) mass is 253 g/mol. The van der Waals surface area contributed by atoms with E-state index in [4.69, 9.17) is 10.2 Å². The number of pyridine rings is 1. The van der Waals surface area contributed by atoms with Crippen LogP contribution in [0.4, 0.5) is 4.79 Å². The predicted octanol–water partition coefficient (Wildman–Crippen LogP) is -0.113. The number of amides is 2. The second kappa shape index (κ2) is 6.55. The SMILES string of the molecule is CC(NC(=O)N[C@H](CO)C(=O)O)c1ccncc1. The van der Waals surface area contributed by atoms with Crippen molar-refractivity contribution in [3.8, 4) is 0 Å². The minimum Gasteiger partial charge on any atom is -0.480 e. The Kier molecular flexibility index (Phi) is 5.06. The van der Waals surface area contributed by atoms with E-state index >= 15 is 0 Å². The summed E-state index contributed by atoms with van der Waals surface area (Å²) in [5, 5.41) is 22.1. The number of aliphatic hydroxyl groups excluding tert-OH is 1. The zero-order valence-electron chi connectivity index (χ0n) is 9.83. The molecule has 1 aromatic heterocycles. The Morgan fingerprint density at radius 1 is 1.33 bits per heavy atom. The molecule has 0 aliphatic carbocycles. The van der Waals surface area contributed by atoms with Crippen molar-refractivity contribution in [2.75, 3.05) is 6.61 Å². The molecule has 1 rings (SSSR count). The van der Waals surface area contributed by atoms with Crippen LogP contribution in [0.25, 0.3) is 0 Å². The van der Waals surface area contributed by atoms with Crippen LogP contribution in [0.5, 0.6) is 0 Å². The summed E-state index contributed by atoms with van der Waals surface area (Å²) in [6, 6.07) is 1.23. The summed E-state index contributed by atoms with van der Waals surface area (Å²) in [7, 11) is 0. The maximum absolute atomic E-state index is 11.5. The Labute approximate surface area is 104 Å². The van der Waals surface area contributed by atoms with Gasteiger partial charge in [0.2, 0.25) is 0 Å². The number of nitrogens with one attached hydrogen (secondary N) is 2. The molecule has 0 saturated heterocycles. The number of aliphatic carboxylic acids is 1. The van der Waals surface area contributed by atoms with Crippen LogP contribution in [-0.2, 0) is 4.79 Å². The summed E-state index contributed by atoms with van der Waals surface area (Å²) in [5.41, 5.74) is 0.844. The zero-order chi connectivity index (χ0) is 13.5. The third-order valence-corrected chi connectivity index (χ3v) is 2.34. The highest BCUT2D eigenvalue weighted by molar-refractivity contribution is 5.82. The van der Waals surface area contributed by atoms with Gasteiger partial charge >= 0.3 is 12.0 Å². The molecule has 0 saturated carbocycles. The number of nitrogens with zero attached hydrogens (tertiary/aromatic N) is 1. The molecule has 0 aromatic carbocycles. The molecular formula is C11H15N3O4. The molecule has 1 aromatic rings. The Morgan fingerprint density at radius 2 is 1.94 bits per heavy atom. The molecule has 0 spiro atoms. The first-order valence-electron chi connectivity index (χ1n) is 5.35. The third kappa shape index (κ3) is 4.02. The Hall–Kier alpha value is -2.15. The number of aromatic nitrogens is 1. The van der Waals surface area contributed by atoms with Crippen molar-refractivity contribution in [1.29, 1.82) is 0 Å². The summed E-state index contributed by atoms with van der Waals surface area (Å²) < 4.78 is 0.